The molecule has 13 heavy (non-hydrogen) atoms. The van der Waals surface area contributed by atoms with Crippen molar-refractivity contribution in [1.29, 1.82) is 5.26 Å². The van der Waals surface area contributed by atoms with Crippen LogP contribution in [-0.2, 0) is 4.84 Å². The number of hydrogen-bond donors (Lipinski definition) is 1. The molecule has 0 fully saturated rings. The van der Waals surface area contributed by atoms with Gasteiger partial charge in [0.2, 0.25) is 0 Å². The van der Waals surface area contributed by atoms with Crippen LogP contribution < -0.4 is 5.73 Å². The van der Waals surface area contributed by atoms with Gasteiger partial charge in [0, 0.05) is 11.3 Å². The van der Waals surface area contributed by atoms with Gasteiger partial charge in [-0.05, 0) is 12.1 Å². The largest absolute Gasteiger partial charge is 0.399 e. The molecule has 0 aliphatic rings. The van der Waals surface area contributed by atoms with Gasteiger partial charge in [-0.1, -0.05) is 17.3 Å². The molecule has 4 heteroatoms. The molecule has 1 aromatic carbocycles. The van der Waals surface area contributed by atoms with Crippen molar-refractivity contribution in [3.8, 4) is 6.07 Å². The van der Waals surface area contributed by atoms with Crippen LogP contribution in [0.1, 0.15) is 5.56 Å². The van der Waals surface area contributed by atoms with E-state index in [-0.39, 0.29) is 5.71 Å². The minimum atomic E-state index is 0.217. The average Bonchev–Trinajstić information content (AvgIpc) is 2.14. The van der Waals surface area contributed by atoms with E-state index in [0.717, 1.165) is 0 Å². The lowest BCUT2D eigenvalue weighted by Crippen LogP contribution is -1.98. The summed E-state index contributed by atoms with van der Waals surface area (Å²) < 4.78 is 0. The van der Waals surface area contributed by atoms with Crippen LogP contribution in [0.5, 0.6) is 0 Å². The third-order valence-corrected chi connectivity index (χ3v) is 1.45. The summed E-state index contributed by atoms with van der Waals surface area (Å²) in [5.41, 5.74) is 7.01. The average molecular weight is 175 g/mol. The van der Waals surface area contributed by atoms with E-state index < -0.39 is 0 Å². The molecule has 0 amide bonds. The van der Waals surface area contributed by atoms with Crippen LogP contribution in [0.2, 0.25) is 0 Å². The lowest BCUT2D eigenvalue weighted by Gasteiger charge is -1.98. The highest BCUT2D eigenvalue weighted by Gasteiger charge is 2.02. The zero-order valence-corrected chi connectivity index (χ0v) is 7.19. The predicted octanol–water partition coefficient (Wildman–Crippen LogP) is 1.14. The van der Waals surface area contributed by atoms with Crippen molar-refractivity contribution >= 4 is 11.4 Å². The van der Waals surface area contributed by atoms with Crippen LogP contribution in [0.25, 0.3) is 0 Å². The van der Waals surface area contributed by atoms with E-state index in [1.165, 1.54) is 7.11 Å². The minimum Gasteiger partial charge on any atom is -0.399 e. The molecule has 0 radical (unpaired) electrons. The highest BCUT2D eigenvalue weighted by molar-refractivity contribution is 6.11. The smallest absolute Gasteiger partial charge is 0.186 e. The molecule has 4 nitrogen and oxygen atoms in total. The van der Waals surface area contributed by atoms with Crippen LogP contribution in [0.3, 0.4) is 0 Å². The lowest BCUT2D eigenvalue weighted by atomic mass is 10.1. The number of oxime groups is 1. The second-order valence-corrected chi connectivity index (χ2v) is 2.36. The lowest BCUT2D eigenvalue weighted by molar-refractivity contribution is 0.214. The minimum absolute atomic E-state index is 0.217. The number of hydrogen-bond acceptors (Lipinski definition) is 4. The Labute approximate surface area is 76.2 Å². The van der Waals surface area contributed by atoms with Crippen LogP contribution in [0.15, 0.2) is 29.4 Å². The van der Waals surface area contributed by atoms with Crippen LogP contribution in [-0.4, -0.2) is 12.8 Å². The molecule has 66 valence electrons. The zero-order chi connectivity index (χ0) is 9.68. The molecule has 0 heterocycles. The first-order chi connectivity index (χ1) is 6.27. The first-order valence-corrected chi connectivity index (χ1v) is 3.65. The van der Waals surface area contributed by atoms with Gasteiger partial charge in [-0.2, -0.15) is 5.26 Å². The van der Waals surface area contributed by atoms with Crippen LogP contribution in [0.4, 0.5) is 5.69 Å². The summed E-state index contributed by atoms with van der Waals surface area (Å²) in [6.45, 7) is 0. The van der Waals surface area contributed by atoms with E-state index in [4.69, 9.17) is 11.0 Å². The highest BCUT2D eigenvalue weighted by Crippen LogP contribution is 2.07. The number of nitrogen functional groups attached to an aromatic ring is 1. The van der Waals surface area contributed by atoms with Gasteiger partial charge in [0.15, 0.2) is 5.71 Å². The van der Waals surface area contributed by atoms with Gasteiger partial charge in [0.05, 0.1) is 0 Å². The highest BCUT2D eigenvalue weighted by atomic mass is 16.6. The van der Waals surface area contributed by atoms with Gasteiger partial charge in [-0.15, -0.1) is 0 Å². The molecule has 0 aliphatic heterocycles. The van der Waals surface area contributed by atoms with Gasteiger partial charge in [-0.3, -0.25) is 0 Å². The van der Waals surface area contributed by atoms with Gasteiger partial charge in [-0.25, -0.2) is 0 Å². The molecule has 1 aromatic rings. The second kappa shape index (κ2) is 4.12. The normalized spacial score (nSPS) is 10.6. The Kier molecular flexibility index (Phi) is 2.87. The molecule has 0 atom stereocenters. The quantitative estimate of drug-likeness (QED) is 0.416. The summed E-state index contributed by atoms with van der Waals surface area (Å²) in [7, 11) is 1.39. The first kappa shape index (κ1) is 9.07. The standard InChI is InChI=1S/C9H9N3O/c1-13-12-9(6-10)7-3-2-4-8(11)5-7/h2-5H,11H2,1H3. The zero-order valence-electron chi connectivity index (χ0n) is 7.19. The van der Waals surface area contributed by atoms with Crippen LogP contribution in [0, 0.1) is 11.3 Å². The maximum Gasteiger partial charge on any atom is 0.186 e. The molecule has 0 aromatic heterocycles. The molecular weight excluding hydrogens is 166 g/mol. The molecule has 0 bridgehead atoms. The maximum atomic E-state index is 8.70. The Hall–Kier alpha value is -2.02. The van der Waals surface area contributed by atoms with Crippen LogP contribution >= 0.6 is 0 Å². The molecule has 0 aliphatic carbocycles. The molecule has 0 saturated carbocycles. The van der Waals surface area contributed by atoms with Crippen molar-refractivity contribution < 1.29 is 4.84 Å². The number of rotatable bonds is 2. The summed E-state index contributed by atoms with van der Waals surface area (Å²) in [6.07, 6.45) is 0. The van der Waals surface area contributed by atoms with E-state index in [1.807, 2.05) is 6.07 Å². The fourth-order valence-corrected chi connectivity index (χ4v) is 0.915. The van der Waals surface area contributed by atoms with Crippen molar-refractivity contribution in [3.63, 3.8) is 0 Å². The summed E-state index contributed by atoms with van der Waals surface area (Å²) in [4.78, 5) is 4.51. The fraction of sp³-hybridized carbons (Fsp3) is 0.111. The topological polar surface area (TPSA) is 71.4 Å². The van der Waals surface area contributed by atoms with Crippen molar-refractivity contribution in [2.45, 2.75) is 0 Å². The van der Waals surface area contributed by atoms with E-state index in [1.54, 1.807) is 24.3 Å². The summed E-state index contributed by atoms with van der Waals surface area (Å²) in [5.74, 6) is 0. The molecule has 0 unspecified atom stereocenters. The predicted molar refractivity (Wildman–Crippen MR) is 50.0 cm³/mol. The molecule has 0 spiro atoms. The number of nitrogens with two attached hydrogens (primary N) is 1. The number of anilines is 1. The first-order valence-electron chi connectivity index (χ1n) is 3.65. The number of nitriles is 1. The third kappa shape index (κ3) is 2.20. The number of nitrogens with zero attached hydrogens (tertiary/aromatic N) is 2. The van der Waals surface area contributed by atoms with E-state index >= 15 is 0 Å². The monoisotopic (exact) mass is 175 g/mol. The van der Waals surface area contributed by atoms with Crippen molar-refractivity contribution in [1.82, 2.24) is 0 Å². The van der Waals surface area contributed by atoms with E-state index in [2.05, 4.69) is 9.99 Å². The SMILES string of the molecule is CON=C(C#N)c1cccc(N)c1. The van der Waals surface area contributed by atoms with Gasteiger partial charge in [0.1, 0.15) is 13.2 Å². The Morgan fingerprint density at radius 1 is 1.62 bits per heavy atom. The van der Waals surface area contributed by atoms with E-state index in [0.29, 0.717) is 11.3 Å². The van der Waals surface area contributed by atoms with Crippen molar-refractivity contribution in [3.05, 3.63) is 29.8 Å². The van der Waals surface area contributed by atoms with Crippen molar-refractivity contribution in [2.75, 3.05) is 12.8 Å². The fourth-order valence-electron chi connectivity index (χ4n) is 0.915. The van der Waals surface area contributed by atoms with Gasteiger partial charge >= 0.3 is 0 Å². The number of benzene rings is 1. The Balaban J connectivity index is 3.07. The maximum absolute atomic E-state index is 8.70. The molecule has 2 N–H and O–H groups in total. The van der Waals surface area contributed by atoms with Gasteiger partial charge < -0.3 is 10.6 Å². The second-order valence-electron chi connectivity index (χ2n) is 2.36. The molecule has 1 rings (SSSR count). The summed E-state index contributed by atoms with van der Waals surface area (Å²) in [5, 5.41) is 12.3. The molecule has 0 saturated heterocycles. The molecular formula is C9H9N3O. The van der Waals surface area contributed by atoms with Crippen molar-refractivity contribution in [2.24, 2.45) is 5.16 Å². The Morgan fingerprint density at radius 2 is 2.38 bits per heavy atom. The Bertz CT molecular complexity index is 365. The van der Waals surface area contributed by atoms with Gasteiger partial charge in [0.25, 0.3) is 0 Å². The Morgan fingerprint density at radius 3 is 2.92 bits per heavy atom. The third-order valence-electron chi connectivity index (χ3n) is 1.45. The summed E-state index contributed by atoms with van der Waals surface area (Å²) in [6, 6.07) is 8.83. The van der Waals surface area contributed by atoms with E-state index in [9.17, 15) is 0 Å². The summed E-state index contributed by atoms with van der Waals surface area (Å²) >= 11 is 0.